The molecule has 0 aromatic carbocycles. The molecule has 0 fully saturated rings. The van der Waals surface area contributed by atoms with E-state index in [-0.39, 0.29) is 10.7 Å². The number of nitrogens with zero attached hydrogens (tertiary/aromatic N) is 1. The number of ketones is 1. The van der Waals surface area contributed by atoms with Crippen LogP contribution in [0.3, 0.4) is 0 Å². The summed E-state index contributed by atoms with van der Waals surface area (Å²) in [7, 11) is 0. The highest BCUT2D eigenvalue weighted by molar-refractivity contribution is 6.29. The molecule has 1 heterocycles. The Morgan fingerprint density at radius 2 is 2.20 bits per heavy atom. The average molecular weight is 226 g/mol. The van der Waals surface area contributed by atoms with Gasteiger partial charge in [0.25, 0.3) is 0 Å². The molecule has 1 N–H and O–H groups in total. The minimum atomic E-state index is -1.25. The summed E-state index contributed by atoms with van der Waals surface area (Å²) in [5.41, 5.74) is 0.250. The van der Waals surface area contributed by atoms with E-state index in [0.717, 1.165) is 0 Å². The van der Waals surface area contributed by atoms with Gasteiger partial charge in [0.15, 0.2) is 5.78 Å². The van der Waals surface area contributed by atoms with E-state index in [2.05, 4.69) is 4.98 Å². The van der Waals surface area contributed by atoms with Gasteiger partial charge in [-0.3, -0.25) is 4.79 Å². The maximum atomic E-state index is 11.0. The van der Waals surface area contributed by atoms with Crippen molar-refractivity contribution in [3.63, 3.8) is 0 Å². The first-order valence-electron chi connectivity index (χ1n) is 4.08. The van der Waals surface area contributed by atoms with E-state index >= 15 is 0 Å². The second-order valence-corrected chi connectivity index (χ2v) is 3.22. The molecule has 1 aromatic heterocycles. The Balaban J connectivity index is 3.13. The van der Waals surface area contributed by atoms with E-state index in [0.29, 0.717) is 5.56 Å². The smallest absolute Gasteiger partial charge is 0.339 e. The first-order chi connectivity index (χ1) is 7.00. The number of pyridine rings is 1. The molecule has 1 rings (SSSR count). The molecule has 0 unspecified atom stereocenters. The van der Waals surface area contributed by atoms with Crippen molar-refractivity contribution in [3.05, 3.63) is 34.6 Å². The Morgan fingerprint density at radius 1 is 1.53 bits per heavy atom. The summed E-state index contributed by atoms with van der Waals surface area (Å²) in [5.74, 6) is -1.76. The third kappa shape index (κ3) is 3.18. The van der Waals surface area contributed by atoms with Crippen LogP contribution in [0.4, 0.5) is 0 Å². The van der Waals surface area contributed by atoms with Gasteiger partial charge in [0.1, 0.15) is 10.7 Å². The van der Waals surface area contributed by atoms with E-state index in [9.17, 15) is 9.59 Å². The highest BCUT2D eigenvalue weighted by Gasteiger charge is 2.12. The molecule has 15 heavy (non-hydrogen) atoms. The Morgan fingerprint density at radius 3 is 2.67 bits per heavy atom. The molecule has 78 valence electrons. The monoisotopic (exact) mass is 225 g/mol. The van der Waals surface area contributed by atoms with Gasteiger partial charge in [-0.1, -0.05) is 11.6 Å². The lowest BCUT2D eigenvalue weighted by Gasteiger charge is -1.97. The molecule has 0 spiro atoms. The summed E-state index contributed by atoms with van der Waals surface area (Å²) in [6.07, 6.45) is 2.70. The lowest BCUT2D eigenvalue weighted by Crippen LogP contribution is -2.08. The fraction of sp³-hybridized carbons (Fsp3) is 0.100. The van der Waals surface area contributed by atoms with Crippen molar-refractivity contribution in [2.45, 2.75) is 6.92 Å². The van der Waals surface area contributed by atoms with Crippen molar-refractivity contribution in [2.24, 2.45) is 0 Å². The van der Waals surface area contributed by atoms with Crippen LogP contribution >= 0.6 is 11.6 Å². The fourth-order valence-corrected chi connectivity index (χ4v) is 1.17. The van der Waals surface area contributed by atoms with Crippen LogP contribution in [0.2, 0.25) is 5.15 Å². The lowest BCUT2D eigenvalue weighted by molar-refractivity contribution is -0.134. The van der Waals surface area contributed by atoms with Crippen LogP contribution in [-0.4, -0.2) is 21.8 Å². The van der Waals surface area contributed by atoms with Gasteiger partial charge in [-0.2, -0.15) is 0 Å². The highest BCUT2D eigenvalue weighted by Crippen LogP contribution is 2.11. The summed E-state index contributed by atoms with van der Waals surface area (Å²) in [5, 5.41) is 8.98. The van der Waals surface area contributed by atoms with E-state index in [1.165, 1.54) is 25.3 Å². The number of carboxylic acids is 1. The van der Waals surface area contributed by atoms with Gasteiger partial charge in [0.2, 0.25) is 0 Å². The zero-order chi connectivity index (χ0) is 11.4. The standard InChI is InChI=1S/C10H8ClNO3/c1-6(13)8(10(14)15)4-7-2-3-12-9(11)5-7/h2-5H,1H3,(H,14,15)/b8-4+. The number of rotatable bonds is 3. The van der Waals surface area contributed by atoms with Crippen molar-refractivity contribution < 1.29 is 14.7 Å². The van der Waals surface area contributed by atoms with Gasteiger partial charge in [-0.05, 0) is 30.7 Å². The summed E-state index contributed by atoms with van der Waals surface area (Å²) >= 11 is 5.61. The molecule has 0 radical (unpaired) electrons. The average Bonchev–Trinajstić information content (AvgIpc) is 2.13. The Bertz CT molecular complexity index is 424. The maximum Gasteiger partial charge on any atom is 0.339 e. The number of hydrogen-bond acceptors (Lipinski definition) is 3. The Hall–Kier alpha value is -1.68. The second-order valence-electron chi connectivity index (χ2n) is 2.83. The van der Waals surface area contributed by atoms with Gasteiger partial charge < -0.3 is 5.11 Å². The predicted molar refractivity (Wildman–Crippen MR) is 55.5 cm³/mol. The van der Waals surface area contributed by atoms with Crippen LogP contribution in [0.5, 0.6) is 0 Å². The van der Waals surface area contributed by atoms with Crippen LogP contribution in [0.15, 0.2) is 23.9 Å². The van der Waals surface area contributed by atoms with Gasteiger partial charge >= 0.3 is 5.97 Å². The minimum absolute atomic E-state index is 0.247. The Kier molecular flexibility index (Phi) is 3.57. The zero-order valence-electron chi connectivity index (χ0n) is 7.90. The van der Waals surface area contributed by atoms with Crippen LogP contribution in [0, 0.1) is 0 Å². The largest absolute Gasteiger partial charge is 0.478 e. The molecule has 0 aliphatic carbocycles. The molecule has 0 aliphatic heterocycles. The number of carbonyl (C=O) groups is 2. The first-order valence-corrected chi connectivity index (χ1v) is 4.46. The molecule has 1 aromatic rings. The second kappa shape index (κ2) is 4.70. The third-order valence-electron chi connectivity index (χ3n) is 1.67. The van der Waals surface area contributed by atoms with Crippen LogP contribution in [0.25, 0.3) is 6.08 Å². The van der Waals surface area contributed by atoms with E-state index in [1.54, 1.807) is 6.07 Å². The molecule has 5 heteroatoms. The lowest BCUT2D eigenvalue weighted by atomic mass is 10.1. The first kappa shape index (κ1) is 11.4. The summed E-state index contributed by atoms with van der Waals surface area (Å²) < 4.78 is 0. The molecular weight excluding hydrogens is 218 g/mol. The number of carboxylic acid groups (broad SMARTS) is 1. The Labute approximate surface area is 91.2 Å². The van der Waals surface area contributed by atoms with E-state index in [1.807, 2.05) is 0 Å². The zero-order valence-corrected chi connectivity index (χ0v) is 8.65. The van der Waals surface area contributed by atoms with Gasteiger partial charge in [-0.15, -0.1) is 0 Å². The molecule has 0 saturated heterocycles. The van der Waals surface area contributed by atoms with Crippen LogP contribution < -0.4 is 0 Å². The van der Waals surface area contributed by atoms with Crippen molar-refractivity contribution in [3.8, 4) is 0 Å². The SMILES string of the molecule is CC(=O)/C(=C\c1ccnc(Cl)c1)C(=O)O. The maximum absolute atomic E-state index is 11.0. The minimum Gasteiger partial charge on any atom is -0.478 e. The topological polar surface area (TPSA) is 67.3 Å². The number of aromatic nitrogens is 1. The van der Waals surface area contributed by atoms with Crippen molar-refractivity contribution >= 4 is 29.4 Å². The van der Waals surface area contributed by atoms with Crippen molar-refractivity contribution in [2.75, 3.05) is 0 Å². The number of Topliss-reactive ketones (excluding diaryl/α,β-unsaturated/α-hetero) is 1. The molecule has 0 atom stereocenters. The summed E-state index contributed by atoms with van der Waals surface area (Å²) in [4.78, 5) is 25.4. The van der Waals surface area contributed by atoms with Crippen molar-refractivity contribution in [1.29, 1.82) is 0 Å². The highest BCUT2D eigenvalue weighted by atomic mass is 35.5. The van der Waals surface area contributed by atoms with Gasteiger partial charge in [0, 0.05) is 6.20 Å². The van der Waals surface area contributed by atoms with E-state index < -0.39 is 11.8 Å². The molecule has 4 nitrogen and oxygen atoms in total. The quantitative estimate of drug-likeness (QED) is 0.369. The molecule has 0 amide bonds. The molecule has 0 saturated carbocycles. The fourth-order valence-electron chi connectivity index (χ4n) is 0.988. The number of hydrogen-bond donors (Lipinski definition) is 1. The number of carbonyl (C=O) groups excluding carboxylic acids is 1. The number of halogens is 1. The van der Waals surface area contributed by atoms with Crippen LogP contribution in [0.1, 0.15) is 12.5 Å². The molecule has 0 aliphatic rings. The summed E-state index contributed by atoms with van der Waals surface area (Å²) in [6.45, 7) is 1.20. The normalized spacial score (nSPS) is 11.2. The molecular formula is C10H8ClNO3. The van der Waals surface area contributed by atoms with E-state index in [4.69, 9.17) is 16.7 Å². The molecule has 0 bridgehead atoms. The van der Waals surface area contributed by atoms with Gasteiger partial charge in [-0.25, -0.2) is 9.78 Å². The van der Waals surface area contributed by atoms with Gasteiger partial charge in [0.05, 0.1) is 0 Å². The van der Waals surface area contributed by atoms with Crippen LogP contribution in [-0.2, 0) is 9.59 Å². The third-order valence-corrected chi connectivity index (χ3v) is 1.88. The number of aliphatic carboxylic acids is 1. The van der Waals surface area contributed by atoms with Crippen molar-refractivity contribution in [1.82, 2.24) is 4.98 Å². The predicted octanol–water partition coefficient (Wildman–Crippen LogP) is 1.79. The summed E-state index contributed by atoms with van der Waals surface area (Å²) in [6, 6.07) is 3.05.